The maximum absolute atomic E-state index is 10.7. The van der Waals surface area contributed by atoms with Gasteiger partial charge in [-0.05, 0) is 34.0 Å². The summed E-state index contributed by atoms with van der Waals surface area (Å²) in [5.74, 6) is 0.601. The van der Waals surface area contributed by atoms with Crippen molar-refractivity contribution in [2.75, 3.05) is 0 Å². The molecule has 1 unspecified atom stereocenters. The summed E-state index contributed by atoms with van der Waals surface area (Å²) in [6.45, 7) is 1.96. The average molecular weight is 295 g/mol. The van der Waals surface area contributed by atoms with Crippen LogP contribution in [0.15, 0.2) is 51.6 Å². The Hall–Kier alpha value is -1.06. The molecular weight excluding hydrogens is 280 g/mol. The van der Waals surface area contributed by atoms with Gasteiger partial charge in [-0.2, -0.15) is 0 Å². The van der Waals surface area contributed by atoms with Crippen LogP contribution in [0.5, 0.6) is 0 Å². The van der Waals surface area contributed by atoms with Gasteiger partial charge in [0.1, 0.15) is 11.4 Å². The van der Waals surface area contributed by atoms with Crippen molar-refractivity contribution in [3.05, 3.63) is 58.5 Å². The molecule has 0 radical (unpaired) electrons. The third-order valence-electron chi connectivity index (χ3n) is 2.96. The van der Waals surface area contributed by atoms with E-state index in [-0.39, 0.29) is 0 Å². The Morgan fingerprint density at radius 2 is 1.94 bits per heavy atom. The third-order valence-corrected chi connectivity index (χ3v) is 3.59. The molecule has 0 aliphatic heterocycles. The number of rotatable bonds is 4. The van der Waals surface area contributed by atoms with Crippen LogP contribution in [0.4, 0.5) is 0 Å². The minimum Gasteiger partial charge on any atom is -0.465 e. The Labute approximate surface area is 109 Å². The fourth-order valence-corrected chi connectivity index (χ4v) is 2.50. The smallest absolute Gasteiger partial charge is 0.149 e. The zero-order valence-corrected chi connectivity index (χ0v) is 11.3. The van der Waals surface area contributed by atoms with Crippen LogP contribution >= 0.6 is 15.9 Å². The Morgan fingerprint density at radius 3 is 2.47 bits per heavy atom. The molecule has 0 fully saturated rings. The summed E-state index contributed by atoms with van der Waals surface area (Å²) in [5.41, 5.74) is 0.143. The monoisotopic (exact) mass is 294 g/mol. The van der Waals surface area contributed by atoms with Crippen LogP contribution < -0.4 is 0 Å². The van der Waals surface area contributed by atoms with E-state index in [1.807, 2.05) is 37.3 Å². The van der Waals surface area contributed by atoms with E-state index in [1.165, 1.54) is 0 Å². The molecule has 2 aromatic rings. The molecule has 2 nitrogen and oxygen atoms in total. The standard InChI is InChI=1S/C14H15BrO2/c1-2-14(16,13-12(15)8-9-17-13)10-11-6-4-3-5-7-11/h3-9,16H,2,10H2,1H3. The SMILES string of the molecule is CCC(O)(Cc1ccccc1)c1occc1Br. The van der Waals surface area contributed by atoms with Gasteiger partial charge >= 0.3 is 0 Å². The lowest BCUT2D eigenvalue weighted by Crippen LogP contribution is -2.27. The fraction of sp³-hybridized carbons (Fsp3) is 0.286. The second-order valence-electron chi connectivity index (χ2n) is 4.15. The Bertz CT molecular complexity index is 478. The van der Waals surface area contributed by atoms with E-state index in [0.717, 1.165) is 10.0 Å². The highest BCUT2D eigenvalue weighted by Gasteiger charge is 2.32. The molecule has 0 saturated heterocycles. The fourth-order valence-electron chi connectivity index (χ4n) is 1.93. The van der Waals surface area contributed by atoms with Crippen LogP contribution in [0.25, 0.3) is 0 Å². The van der Waals surface area contributed by atoms with E-state index < -0.39 is 5.60 Å². The highest BCUT2D eigenvalue weighted by molar-refractivity contribution is 9.10. The van der Waals surface area contributed by atoms with Crippen LogP contribution in [0.1, 0.15) is 24.7 Å². The summed E-state index contributed by atoms with van der Waals surface area (Å²) >= 11 is 3.40. The van der Waals surface area contributed by atoms with Crippen molar-refractivity contribution >= 4 is 15.9 Å². The van der Waals surface area contributed by atoms with E-state index in [1.54, 1.807) is 12.3 Å². The largest absolute Gasteiger partial charge is 0.465 e. The van der Waals surface area contributed by atoms with Gasteiger partial charge in [0.05, 0.1) is 10.7 Å². The molecule has 1 aromatic carbocycles. The molecule has 90 valence electrons. The van der Waals surface area contributed by atoms with E-state index in [2.05, 4.69) is 15.9 Å². The van der Waals surface area contributed by atoms with Crippen molar-refractivity contribution in [1.82, 2.24) is 0 Å². The van der Waals surface area contributed by atoms with Gasteiger partial charge in [0.15, 0.2) is 0 Å². The Morgan fingerprint density at radius 1 is 1.24 bits per heavy atom. The van der Waals surface area contributed by atoms with Crippen molar-refractivity contribution in [3.8, 4) is 0 Å². The van der Waals surface area contributed by atoms with Crippen LogP contribution in [0.2, 0.25) is 0 Å². The Kier molecular flexibility index (Phi) is 3.69. The van der Waals surface area contributed by atoms with Gasteiger partial charge in [0.25, 0.3) is 0 Å². The number of halogens is 1. The average Bonchev–Trinajstić information content (AvgIpc) is 2.77. The first-order valence-corrected chi connectivity index (χ1v) is 6.45. The number of aliphatic hydroxyl groups is 1. The number of hydrogen-bond acceptors (Lipinski definition) is 2. The third kappa shape index (κ3) is 2.61. The minimum absolute atomic E-state index is 0.552. The maximum Gasteiger partial charge on any atom is 0.149 e. The summed E-state index contributed by atoms with van der Waals surface area (Å²) < 4.78 is 6.21. The predicted molar refractivity (Wildman–Crippen MR) is 70.7 cm³/mol. The molecule has 0 aliphatic rings. The van der Waals surface area contributed by atoms with E-state index in [0.29, 0.717) is 18.6 Å². The lowest BCUT2D eigenvalue weighted by Gasteiger charge is -2.25. The molecule has 1 heterocycles. The van der Waals surface area contributed by atoms with Crippen LogP contribution in [0.3, 0.4) is 0 Å². The van der Waals surface area contributed by atoms with E-state index in [9.17, 15) is 5.11 Å². The van der Waals surface area contributed by atoms with Crippen LogP contribution in [0, 0.1) is 0 Å². The molecule has 0 saturated carbocycles. The summed E-state index contributed by atoms with van der Waals surface area (Å²) in [6, 6.07) is 11.7. The molecule has 1 atom stereocenters. The lowest BCUT2D eigenvalue weighted by atomic mass is 9.89. The molecule has 0 bridgehead atoms. The zero-order valence-electron chi connectivity index (χ0n) is 9.69. The van der Waals surface area contributed by atoms with Crippen LogP contribution in [-0.2, 0) is 12.0 Å². The summed E-state index contributed by atoms with van der Waals surface area (Å²) in [5, 5.41) is 10.7. The normalized spacial score (nSPS) is 14.5. The van der Waals surface area contributed by atoms with Crippen molar-refractivity contribution < 1.29 is 9.52 Å². The second kappa shape index (κ2) is 5.07. The van der Waals surface area contributed by atoms with Gasteiger partial charge in [-0.15, -0.1) is 0 Å². The zero-order chi connectivity index (χ0) is 12.3. The van der Waals surface area contributed by atoms with Gasteiger partial charge in [0, 0.05) is 6.42 Å². The van der Waals surface area contributed by atoms with Gasteiger partial charge in [-0.3, -0.25) is 0 Å². The quantitative estimate of drug-likeness (QED) is 0.928. The highest BCUT2D eigenvalue weighted by atomic mass is 79.9. The molecule has 3 heteroatoms. The van der Waals surface area contributed by atoms with Crippen LogP contribution in [-0.4, -0.2) is 5.11 Å². The van der Waals surface area contributed by atoms with E-state index >= 15 is 0 Å². The van der Waals surface area contributed by atoms with Gasteiger partial charge in [-0.25, -0.2) is 0 Å². The predicted octanol–water partition coefficient (Wildman–Crippen LogP) is 3.88. The summed E-state index contributed by atoms with van der Waals surface area (Å²) in [7, 11) is 0. The van der Waals surface area contributed by atoms with Crippen molar-refractivity contribution in [2.45, 2.75) is 25.4 Å². The van der Waals surface area contributed by atoms with E-state index in [4.69, 9.17) is 4.42 Å². The van der Waals surface area contributed by atoms with Gasteiger partial charge < -0.3 is 9.52 Å². The summed E-state index contributed by atoms with van der Waals surface area (Å²) in [6.07, 6.45) is 2.75. The molecular formula is C14H15BrO2. The highest BCUT2D eigenvalue weighted by Crippen LogP contribution is 2.34. The van der Waals surface area contributed by atoms with Gasteiger partial charge in [-0.1, -0.05) is 37.3 Å². The maximum atomic E-state index is 10.7. The topological polar surface area (TPSA) is 33.4 Å². The molecule has 0 spiro atoms. The first kappa shape index (κ1) is 12.4. The van der Waals surface area contributed by atoms with Crippen molar-refractivity contribution in [1.29, 1.82) is 0 Å². The Balaban J connectivity index is 2.30. The first-order chi connectivity index (χ1) is 8.15. The second-order valence-corrected chi connectivity index (χ2v) is 5.00. The lowest BCUT2D eigenvalue weighted by molar-refractivity contribution is 0.0101. The van der Waals surface area contributed by atoms with Crippen molar-refractivity contribution in [3.63, 3.8) is 0 Å². The van der Waals surface area contributed by atoms with Gasteiger partial charge in [0.2, 0.25) is 0 Å². The molecule has 1 aromatic heterocycles. The molecule has 0 aliphatic carbocycles. The molecule has 0 amide bonds. The number of hydrogen-bond donors (Lipinski definition) is 1. The summed E-state index contributed by atoms with van der Waals surface area (Å²) in [4.78, 5) is 0. The molecule has 2 rings (SSSR count). The van der Waals surface area contributed by atoms with Crippen molar-refractivity contribution in [2.24, 2.45) is 0 Å². The molecule has 17 heavy (non-hydrogen) atoms. The number of furan rings is 1. The minimum atomic E-state index is -0.955. The first-order valence-electron chi connectivity index (χ1n) is 5.65. The molecule has 1 N–H and O–H groups in total. The number of benzene rings is 1.